The molecule has 0 unspecified atom stereocenters. The van der Waals surface area contributed by atoms with Gasteiger partial charge in [-0.15, -0.1) is 11.6 Å². The third-order valence-corrected chi connectivity index (χ3v) is 5.68. The lowest BCUT2D eigenvalue weighted by molar-refractivity contribution is 0.223. The Morgan fingerprint density at radius 3 is 2.13 bits per heavy atom. The van der Waals surface area contributed by atoms with Crippen molar-refractivity contribution in [1.29, 1.82) is 0 Å². The van der Waals surface area contributed by atoms with Crippen molar-refractivity contribution in [3.05, 3.63) is 0 Å². The normalized spacial score (nSPS) is 19.3. The van der Waals surface area contributed by atoms with Crippen LogP contribution in [0.15, 0.2) is 0 Å². The summed E-state index contributed by atoms with van der Waals surface area (Å²) in [6.07, 6.45) is 3.08. The summed E-state index contributed by atoms with van der Waals surface area (Å²) in [7, 11) is -3.21. The quantitative estimate of drug-likeness (QED) is 0.721. The molecule has 0 heterocycles. The van der Waals surface area contributed by atoms with E-state index in [1.807, 2.05) is 0 Å². The van der Waals surface area contributed by atoms with Crippen LogP contribution in [0, 0.1) is 0 Å². The standard InChI is InChI=1S/C10H20ClNO2S/c1-10(2,3)15(13,14)12(8-7-11)9-5-4-6-9/h9H,4-8H2,1-3H3. The summed E-state index contributed by atoms with van der Waals surface area (Å²) in [5.74, 6) is 0.367. The van der Waals surface area contributed by atoms with Gasteiger partial charge in [-0.25, -0.2) is 8.42 Å². The van der Waals surface area contributed by atoms with Gasteiger partial charge in [-0.1, -0.05) is 6.42 Å². The molecule has 0 saturated heterocycles. The molecular formula is C10H20ClNO2S. The smallest absolute Gasteiger partial charge is 0.212 e. The van der Waals surface area contributed by atoms with Gasteiger partial charge < -0.3 is 0 Å². The van der Waals surface area contributed by atoms with Crippen LogP contribution in [-0.2, 0) is 10.0 Å². The van der Waals surface area contributed by atoms with Gasteiger partial charge in [-0.2, -0.15) is 4.31 Å². The molecule has 0 radical (unpaired) electrons. The maximum Gasteiger partial charge on any atom is 0.219 e. The maximum absolute atomic E-state index is 12.2. The molecule has 1 fully saturated rings. The summed E-state index contributed by atoms with van der Waals surface area (Å²) in [6, 6.07) is 0.188. The van der Waals surface area contributed by atoms with E-state index in [2.05, 4.69) is 0 Å². The summed E-state index contributed by atoms with van der Waals surface area (Å²) in [4.78, 5) is 0. The fraction of sp³-hybridized carbons (Fsp3) is 1.00. The number of hydrogen-bond donors (Lipinski definition) is 0. The Bertz CT molecular complexity index is 304. The van der Waals surface area contributed by atoms with Crippen molar-refractivity contribution < 1.29 is 8.42 Å². The fourth-order valence-corrected chi connectivity index (χ4v) is 3.53. The number of nitrogens with zero attached hydrogens (tertiary/aromatic N) is 1. The average Bonchev–Trinajstić information content (AvgIpc) is 1.98. The lowest BCUT2D eigenvalue weighted by Gasteiger charge is -2.39. The predicted octanol–water partition coefficient (Wildman–Crippen LogP) is 2.21. The first-order chi connectivity index (χ1) is 6.80. The first kappa shape index (κ1) is 13.3. The molecule has 1 aliphatic carbocycles. The van der Waals surface area contributed by atoms with E-state index >= 15 is 0 Å². The van der Waals surface area contributed by atoms with Gasteiger partial charge in [0.15, 0.2) is 0 Å². The van der Waals surface area contributed by atoms with Gasteiger partial charge in [-0.3, -0.25) is 0 Å². The van der Waals surface area contributed by atoms with Gasteiger partial charge >= 0.3 is 0 Å². The molecule has 1 saturated carbocycles. The molecule has 1 rings (SSSR count). The number of halogens is 1. The Balaban J connectivity index is 2.88. The van der Waals surface area contributed by atoms with Crippen LogP contribution in [-0.4, -0.2) is 35.9 Å². The van der Waals surface area contributed by atoms with Crippen LogP contribution in [0.5, 0.6) is 0 Å². The molecule has 3 nitrogen and oxygen atoms in total. The summed E-state index contributed by atoms with van der Waals surface area (Å²) in [5, 5.41) is 0. The van der Waals surface area contributed by atoms with Crippen LogP contribution in [0.25, 0.3) is 0 Å². The lowest BCUT2D eigenvalue weighted by Crippen LogP contribution is -2.51. The molecule has 1 aliphatic rings. The molecule has 0 aromatic carbocycles. The number of hydrogen-bond acceptors (Lipinski definition) is 2. The molecule has 0 amide bonds. The minimum Gasteiger partial charge on any atom is -0.212 e. The lowest BCUT2D eigenvalue weighted by atomic mass is 9.93. The molecule has 90 valence electrons. The van der Waals surface area contributed by atoms with E-state index < -0.39 is 14.8 Å². The largest absolute Gasteiger partial charge is 0.219 e. The first-order valence-electron chi connectivity index (χ1n) is 5.38. The first-order valence-corrected chi connectivity index (χ1v) is 7.35. The van der Waals surface area contributed by atoms with E-state index in [0.29, 0.717) is 12.4 Å². The monoisotopic (exact) mass is 253 g/mol. The van der Waals surface area contributed by atoms with Gasteiger partial charge in [0.05, 0.1) is 4.75 Å². The molecule has 15 heavy (non-hydrogen) atoms. The van der Waals surface area contributed by atoms with Crippen molar-refractivity contribution in [3.8, 4) is 0 Å². The Kier molecular flexibility index (Phi) is 4.07. The molecule has 0 aliphatic heterocycles. The van der Waals surface area contributed by atoms with E-state index in [1.54, 1.807) is 25.1 Å². The summed E-state index contributed by atoms with van der Waals surface area (Å²) >= 11 is 5.67. The van der Waals surface area contributed by atoms with Gasteiger partial charge in [0.2, 0.25) is 10.0 Å². The maximum atomic E-state index is 12.2. The molecule has 0 N–H and O–H groups in total. The van der Waals surface area contributed by atoms with E-state index in [1.165, 1.54) is 0 Å². The SMILES string of the molecule is CC(C)(C)S(=O)(=O)N(CCCl)C1CCC1. The van der Waals surface area contributed by atoms with Gasteiger partial charge in [0.1, 0.15) is 0 Å². The Labute approximate surface area is 97.8 Å². The second kappa shape index (κ2) is 4.60. The van der Waals surface area contributed by atoms with E-state index in [9.17, 15) is 8.42 Å². The third kappa shape index (κ3) is 2.66. The van der Waals surface area contributed by atoms with Crippen molar-refractivity contribution >= 4 is 21.6 Å². The second-order valence-corrected chi connectivity index (χ2v) is 8.02. The second-order valence-electron chi connectivity index (χ2n) is 5.00. The topological polar surface area (TPSA) is 37.4 Å². The third-order valence-electron chi connectivity index (χ3n) is 2.87. The number of sulfonamides is 1. The molecule has 0 bridgehead atoms. The van der Waals surface area contributed by atoms with Crippen molar-refractivity contribution in [3.63, 3.8) is 0 Å². The Hall–Kier alpha value is 0.200. The summed E-state index contributed by atoms with van der Waals surface area (Å²) in [5.41, 5.74) is 0. The van der Waals surface area contributed by atoms with Crippen molar-refractivity contribution in [2.75, 3.05) is 12.4 Å². The number of rotatable bonds is 4. The van der Waals surface area contributed by atoms with E-state index in [4.69, 9.17) is 11.6 Å². The van der Waals surface area contributed by atoms with E-state index in [-0.39, 0.29) is 6.04 Å². The van der Waals surface area contributed by atoms with Crippen molar-refractivity contribution in [2.24, 2.45) is 0 Å². The Morgan fingerprint density at radius 1 is 1.33 bits per heavy atom. The highest BCUT2D eigenvalue weighted by Gasteiger charge is 2.40. The number of alkyl halides is 1. The highest BCUT2D eigenvalue weighted by atomic mass is 35.5. The molecule has 0 aromatic heterocycles. The molecule has 5 heteroatoms. The fourth-order valence-electron chi connectivity index (χ4n) is 1.61. The highest BCUT2D eigenvalue weighted by Crippen LogP contribution is 2.31. The van der Waals surface area contributed by atoms with Crippen molar-refractivity contribution in [1.82, 2.24) is 4.31 Å². The van der Waals surface area contributed by atoms with Crippen LogP contribution in [0.2, 0.25) is 0 Å². The van der Waals surface area contributed by atoms with Crippen LogP contribution >= 0.6 is 11.6 Å². The van der Waals surface area contributed by atoms with Crippen molar-refractivity contribution in [2.45, 2.75) is 50.8 Å². The minimum atomic E-state index is -3.21. The van der Waals surface area contributed by atoms with Gasteiger partial charge in [0.25, 0.3) is 0 Å². The molecule has 0 atom stereocenters. The van der Waals surface area contributed by atoms with E-state index in [0.717, 1.165) is 19.3 Å². The summed E-state index contributed by atoms with van der Waals surface area (Å²) in [6.45, 7) is 5.65. The predicted molar refractivity (Wildman–Crippen MR) is 63.7 cm³/mol. The van der Waals surface area contributed by atoms with Crippen LogP contribution in [0.4, 0.5) is 0 Å². The molecule has 0 spiro atoms. The highest BCUT2D eigenvalue weighted by molar-refractivity contribution is 7.90. The van der Waals surface area contributed by atoms with Crippen LogP contribution in [0.3, 0.4) is 0 Å². The van der Waals surface area contributed by atoms with Crippen LogP contribution in [0.1, 0.15) is 40.0 Å². The zero-order valence-electron chi connectivity index (χ0n) is 9.66. The average molecular weight is 254 g/mol. The van der Waals surface area contributed by atoms with Gasteiger partial charge in [0, 0.05) is 18.5 Å². The Morgan fingerprint density at radius 2 is 1.87 bits per heavy atom. The minimum absolute atomic E-state index is 0.188. The summed E-state index contributed by atoms with van der Waals surface area (Å²) < 4.78 is 25.4. The molecular weight excluding hydrogens is 234 g/mol. The van der Waals surface area contributed by atoms with Gasteiger partial charge in [-0.05, 0) is 33.6 Å². The zero-order chi connectivity index (χ0) is 11.7. The van der Waals surface area contributed by atoms with Crippen LogP contribution < -0.4 is 0 Å². The molecule has 0 aromatic rings. The zero-order valence-corrected chi connectivity index (χ0v) is 11.2.